The van der Waals surface area contributed by atoms with E-state index in [9.17, 15) is 14.4 Å². The van der Waals surface area contributed by atoms with Crippen LogP contribution >= 0.6 is 23.2 Å². The molecule has 7 heteroatoms. The summed E-state index contributed by atoms with van der Waals surface area (Å²) in [7, 11) is 0. The van der Waals surface area contributed by atoms with Gasteiger partial charge >= 0.3 is 0 Å². The molecule has 0 unspecified atom stereocenters. The molecule has 136 valence electrons. The summed E-state index contributed by atoms with van der Waals surface area (Å²) in [5.74, 6) is -1.13. The number of carbonyl (C=O) groups is 3. The molecule has 0 fully saturated rings. The summed E-state index contributed by atoms with van der Waals surface area (Å²) in [5.41, 5.74) is -0.112. The molecule has 0 saturated heterocycles. The van der Waals surface area contributed by atoms with Crippen molar-refractivity contribution in [2.24, 2.45) is 5.41 Å². The van der Waals surface area contributed by atoms with Gasteiger partial charge in [-0.25, -0.2) is 0 Å². The quantitative estimate of drug-likeness (QED) is 0.566. The number of hydrogen-bond acceptors (Lipinski definition) is 3. The molecule has 0 aliphatic carbocycles. The van der Waals surface area contributed by atoms with Crippen molar-refractivity contribution in [3.05, 3.63) is 58.1 Å². The predicted octanol–water partition coefficient (Wildman–Crippen LogP) is 4.80. The lowest BCUT2D eigenvalue weighted by molar-refractivity contribution is -0.135. The van der Waals surface area contributed by atoms with Gasteiger partial charge in [-0.1, -0.05) is 29.3 Å². The first kappa shape index (κ1) is 19.9. The molecule has 2 rings (SSSR count). The first-order valence-corrected chi connectivity index (χ1v) is 8.56. The van der Waals surface area contributed by atoms with Crippen LogP contribution in [0, 0.1) is 5.41 Å². The number of Topliss-reactive ketones (excluding diaryl/α,β-unsaturated/α-hetero) is 1. The molecule has 0 bridgehead atoms. The van der Waals surface area contributed by atoms with Gasteiger partial charge in [-0.15, -0.1) is 0 Å². The number of para-hydroxylation sites is 1. The molecular weight excluding hydrogens is 375 g/mol. The molecule has 0 heterocycles. The summed E-state index contributed by atoms with van der Waals surface area (Å²) in [6.45, 7) is 4.44. The van der Waals surface area contributed by atoms with E-state index < -0.39 is 17.2 Å². The first-order valence-electron chi connectivity index (χ1n) is 7.81. The maximum atomic E-state index is 12.6. The van der Waals surface area contributed by atoms with E-state index in [1.54, 1.807) is 42.5 Å². The Labute approximate surface area is 161 Å². The van der Waals surface area contributed by atoms with E-state index in [1.807, 2.05) is 0 Å². The molecule has 2 amide bonds. The van der Waals surface area contributed by atoms with Crippen LogP contribution < -0.4 is 10.6 Å². The van der Waals surface area contributed by atoms with Crippen LogP contribution in [0.5, 0.6) is 0 Å². The Hall–Kier alpha value is -2.37. The SMILES string of the molecule is CC(=O)c1ccc(NC(=O)C(C)(C)C(=O)Nc2c(Cl)cccc2Cl)cc1. The van der Waals surface area contributed by atoms with Crippen LogP contribution in [0.3, 0.4) is 0 Å². The molecule has 5 nitrogen and oxygen atoms in total. The minimum absolute atomic E-state index is 0.0702. The van der Waals surface area contributed by atoms with E-state index in [0.29, 0.717) is 11.3 Å². The third-order valence-corrected chi connectivity index (χ3v) is 4.52. The van der Waals surface area contributed by atoms with Gasteiger partial charge in [0.15, 0.2) is 5.78 Å². The highest BCUT2D eigenvalue weighted by Gasteiger charge is 2.36. The smallest absolute Gasteiger partial charge is 0.239 e. The molecule has 0 spiro atoms. The molecule has 2 aromatic carbocycles. The fourth-order valence-electron chi connectivity index (χ4n) is 2.07. The lowest BCUT2D eigenvalue weighted by Gasteiger charge is -2.23. The third kappa shape index (κ3) is 4.42. The van der Waals surface area contributed by atoms with E-state index in [-0.39, 0.29) is 21.5 Å². The molecule has 0 saturated carbocycles. The lowest BCUT2D eigenvalue weighted by Crippen LogP contribution is -2.41. The molecule has 26 heavy (non-hydrogen) atoms. The van der Waals surface area contributed by atoms with Crippen molar-refractivity contribution in [1.82, 2.24) is 0 Å². The number of hydrogen-bond donors (Lipinski definition) is 2. The van der Waals surface area contributed by atoms with E-state index in [1.165, 1.54) is 20.8 Å². The highest BCUT2D eigenvalue weighted by Crippen LogP contribution is 2.31. The fourth-order valence-corrected chi connectivity index (χ4v) is 2.56. The van der Waals surface area contributed by atoms with Gasteiger partial charge in [0.05, 0.1) is 15.7 Å². The second-order valence-electron chi connectivity index (χ2n) is 6.26. The van der Waals surface area contributed by atoms with Gasteiger partial charge in [0, 0.05) is 11.3 Å². The van der Waals surface area contributed by atoms with Gasteiger partial charge in [0.25, 0.3) is 0 Å². The Bertz CT molecular complexity index is 841. The van der Waals surface area contributed by atoms with Crippen molar-refractivity contribution in [3.8, 4) is 0 Å². The zero-order chi connectivity index (χ0) is 19.5. The Morgan fingerprint density at radius 2 is 1.35 bits per heavy atom. The zero-order valence-corrected chi connectivity index (χ0v) is 16.0. The molecule has 0 aliphatic rings. The van der Waals surface area contributed by atoms with Crippen LogP contribution in [0.25, 0.3) is 0 Å². The largest absolute Gasteiger partial charge is 0.325 e. The summed E-state index contributed by atoms with van der Waals surface area (Å²) in [4.78, 5) is 36.4. The van der Waals surface area contributed by atoms with Crippen LogP contribution in [0.4, 0.5) is 11.4 Å². The maximum absolute atomic E-state index is 12.6. The predicted molar refractivity (Wildman–Crippen MR) is 104 cm³/mol. The summed E-state index contributed by atoms with van der Waals surface area (Å²) in [5, 5.41) is 5.83. The van der Waals surface area contributed by atoms with E-state index in [4.69, 9.17) is 23.2 Å². The number of nitrogens with one attached hydrogen (secondary N) is 2. The molecule has 2 N–H and O–H groups in total. The van der Waals surface area contributed by atoms with Crippen LogP contribution in [-0.2, 0) is 9.59 Å². The number of anilines is 2. The fraction of sp³-hybridized carbons (Fsp3) is 0.211. The molecule has 0 atom stereocenters. The van der Waals surface area contributed by atoms with Crippen LogP contribution in [0.1, 0.15) is 31.1 Å². The number of ketones is 1. The van der Waals surface area contributed by atoms with Crippen molar-refractivity contribution >= 4 is 52.2 Å². The molecule has 0 aromatic heterocycles. The number of amides is 2. The molecule has 0 radical (unpaired) electrons. The summed E-state index contributed by atoms with van der Waals surface area (Å²) < 4.78 is 0. The average Bonchev–Trinajstić information content (AvgIpc) is 2.58. The Kier molecular flexibility index (Phi) is 6.05. The Balaban J connectivity index is 2.13. The van der Waals surface area contributed by atoms with Gasteiger partial charge < -0.3 is 10.6 Å². The van der Waals surface area contributed by atoms with Crippen molar-refractivity contribution in [3.63, 3.8) is 0 Å². The maximum Gasteiger partial charge on any atom is 0.239 e. The highest BCUT2D eigenvalue weighted by molar-refractivity contribution is 6.40. The summed E-state index contributed by atoms with van der Waals surface area (Å²) in [6.07, 6.45) is 0. The zero-order valence-electron chi connectivity index (χ0n) is 14.5. The van der Waals surface area contributed by atoms with Gasteiger partial charge in [-0.05, 0) is 57.2 Å². The lowest BCUT2D eigenvalue weighted by atomic mass is 9.90. The molecule has 2 aromatic rings. The normalized spacial score (nSPS) is 11.0. The average molecular weight is 393 g/mol. The van der Waals surface area contributed by atoms with E-state index in [0.717, 1.165) is 0 Å². The number of rotatable bonds is 5. The minimum atomic E-state index is -1.39. The second-order valence-corrected chi connectivity index (χ2v) is 7.08. The van der Waals surface area contributed by atoms with E-state index in [2.05, 4.69) is 10.6 Å². The third-order valence-electron chi connectivity index (χ3n) is 3.89. The van der Waals surface area contributed by atoms with Crippen molar-refractivity contribution in [1.29, 1.82) is 0 Å². The summed E-state index contributed by atoms with van der Waals surface area (Å²) >= 11 is 12.1. The van der Waals surface area contributed by atoms with Crippen LogP contribution in [0.2, 0.25) is 10.0 Å². The topological polar surface area (TPSA) is 75.3 Å². The standard InChI is InChI=1S/C19H18Cl2N2O3/c1-11(24)12-7-9-13(10-8-12)22-17(25)19(2,3)18(26)23-16-14(20)5-4-6-15(16)21/h4-10H,1-3H3,(H,22,25)(H,23,26). The van der Waals surface area contributed by atoms with Crippen molar-refractivity contribution in [2.45, 2.75) is 20.8 Å². The number of halogens is 2. The van der Waals surface area contributed by atoms with Crippen molar-refractivity contribution < 1.29 is 14.4 Å². The Morgan fingerprint density at radius 1 is 0.846 bits per heavy atom. The first-order chi connectivity index (χ1) is 12.1. The molecular formula is C19H18Cl2N2O3. The minimum Gasteiger partial charge on any atom is -0.325 e. The Morgan fingerprint density at radius 3 is 1.85 bits per heavy atom. The second kappa shape index (κ2) is 7.89. The van der Waals surface area contributed by atoms with Crippen LogP contribution in [-0.4, -0.2) is 17.6 Å². The highest BCUT2D eigenvalue weighted by atomic mass is 35.5. The van der Waals surface area contributed by atoms with Crippen LogP contribution in [0.15, 0.2) is 42.5 Å². The molecule has 0 aliphatic heterocycles. The van der Waals surface area contributed by atoms with Gasteiger partial charge in [-0.3, -0.25) is 14.4 Å². The van der Waals surface area contributed by atoms with Gasteiger partial charge in [-0.2, -0.15) is 0 Å². The number of benzene rings is 2. The van der Waals surface area contributed by atoms with Gasteiger partial charge in [0.1, 0.15) is 5.41 Å². The summed E-state index contributed by atoms with van der Waals surface area (Å²) in [6, 6.07) is 11.3. The number of carbonyl (C=O) groups excluding carboxylic acids is 3. The van der Waals surface area contributed by atoms with E-state index >= 15 is 0 Å². The van der Waals surface area contributed by atoms with Crippen molar-refractivity contribution in [2.75, 3.05) is 10.6 Å². The van der Waals surface area contributed by atoms with Gasteiger partial charge in [0.2, 0.25) is 11.8 Å². The monoisotopic (exact) mass is 392 g/mol.